The third-order valence-corrected chi connectivity index (χ3v) is 13.0. The van der Waals surface area contributed by atoms with E-state index in [9.17, 15) is 72.9 Å². The molecule has 3 rings (SSSR count). The van der Waals surface area contributed by atoms with Crippen LogP contribution in [0.25, 0.3) is 0 Å². The zero-order valence-electron chi connectivity index (χ0n) is 46.9. The molecule has 2 fully saturated rings. The number of nitrogens with one attached hydrogen (secondary N) is 8. The normalized spacial score (nSPS) is 19.4. The summed E-state index contributed by atoms with van der Waals surface area (Å²) < 4.78 is 11.0. The van der Waals surface area contributed by atoms with Crippen LogP contribution in [0.3, 0.4) is 0 Å². The number of hydrogen-bond donors (Lipinski definition) is 13. The molecule has 462 valence electrons. The molecule has 1 aromatic carbocycles. The summed E-state index contributed by atoms with van der Waals surface area (Å²) in [7, 11) is 0. The fourth-order valence-electron chi connectivity index (χ4n) is 8.60. The van der Waals surface area contributed by atoms with E-state index in [2.05, 4.69) is 47.5 Å². The number of carbonyl (C=O) groups is 12. The van der Waals surface area contributed by atoms with E-state index in [4.69, 9.17) is 20.9 Å². The second-order valence-corrected chi connectivity index (χ2v) is 19.8. The monoisotopic (exact) mass is 1170 g/mol. The van der Waals surface area contributed by atoms with Gasteiger partial charge in [0.2, 0.25) is 47.3 Å². The van der Waals surface area contributed by atoms with Gasteiger partial charge in [0.1, 0.15) is 24.2 Å². The van der Waals surface area contributed by atoms with Crippen molar-refractivity contribution < 1.29 is 82.3 Å². The molecule has 0 aliphatic carbocycles. The number of benzene rings is 1. The number of aliphatic carboxylic acids is 3. The number of amides is 8. The molecular formula is C52H82N14O17. The molecule has 31 nitrogen and oxygen atoms in total. The van der Waals surface area contributed by atoms with Gasteiger partial charge < -0.3 is 78.8 Å². The molecule has 0 radical (unpaired) electrons. The van der Waals surface area contributed by atoms with Crippen LogP contribution in [0.4, 0.5) is 0 Å². The number of nitrogens with two attached hydrogens (primary N) is 2. The first kappa shape index (κ1) is 69.4. The van der Waals surface area contributed by atoms with Crippen molar-refractivity contribution in [1.29, 1.82) is 0 Å². The van der Waals surface area contributed by atoms with Crippen LogP contribution in [-0.2, 0) is 73.4 Å². The highest BCUT2D eigenvalue weighted by atomic mass is 16.5. The summed E-state index contributed by atoms with van der Waals surface area (Å²) in [6, 6.07) is 2.11. The number of Topliss-reactive ketones (excluding diaryl/α,β-unsaturated/α-hetero) is 1. The van der Waals surface area contributed by atoms with E-state index in [-0.39, 0.29) is 141 Å². The predicted octanol–water partition coefficient (Wildman–Crippen LogP) is -5.40. The van der Waals surface area contributed by atoms with Crippen LogP contribution in [0, 0.1) is 0 Å². The Labute approximate surface area is 480 Å². The molecule has 2 aliphatic heterocycles. The lowest BCUT2D eigenvalue weighted by Crippen LogP contribution is -2.58. The van der Waals surface area contributed by atoms with Gasteiger partial charge in [-0.05, 0) is 51.0 Å². The Balaban J connectivity index is 1.43. The van der Waals surface area contributed by atoms with E-state index in [0.29, 0.717) is 51.3 Å². The van der Waals surface area contributed by atoms with Crippen LogP contribution in [0.1, 0.15) is 70.3 Å². The minimum absolute atomic E-state index is 0.00152. The first-order valence-electron chi connectivity index (χ1n) is 27.5. The van der Waals surface area contributed by atoms with Crippen molar-refractivity contribution in [3.05, 3.63) is 35.9 Å². The molecule has 0 aromatic heterocycles. The van der Waals surface area contributed by atoms with Crippen LogP contribution in [0.2, 0.25) is 0 Å². The summed E-state index contributed by atoms with van der Waals surface area (Å²) in [6.07, 6.45) is -0.114. The smallest absolute Gasteiger partial charge is 0.317 e. The van der Waals surface area contributed by atoms with E-state index in [0.717, 1.165) is 0 Å². The fraction of sp³-hybridized carbons (Fsp3) is 0.635. The number of carbonyl (C=O) groups excluding carboxylic acids is 9. The van der Waals surface area contributed by atoms with Crippen LogP contribution < -0.4 is 54.0 Å². The summed E-state index contributed by atoms with van der Waals surface area (Å²) in [5.74, 6) is -9.48. The van der Waals surface area contributed by atoms with Gasteiger partial charge in [0.25, 0.3) is 0 Å². The first-order chi connectivity index (χ1) is 39.6. The first-order valence-corrected chi connectivity index (χ1v) is 27.5. The maximum Gasteiger partial charge on any atom is 0.317 e. The summed E-state index contributed by atoms with van der Waals surface area (Å²) in [5.41, 5.74) is 11.5. The van der Waals surface area contributed by atoms with Crippen molar-refractivity contribution in [1.82, 2.24) is 57.2 Å². The molecule has 15 N–H and O–H groups in total. The van der Waals surface area contributed by atoms with E-state index in [1.165, 1.54) is 6.92 Å². The summed E-state index contributed by atoms with van der Waals surface area (Å²) in [6.45, 7) is 2.92. The maximum atomic E-state index is 14.0. The van der Waals surface area contributed by atoms with Gasteiger partial charge in [-0.3, -0.25) is 77.2 Å². The molecule has 31 heteroatoms. The highest BCUT2D eigenvalue weighted by molar-refractivity contribution is 5.98. The topological polar surface area (TPSA) is 454 Å². The maximum absolute atomic E-state index is 14.0. The molecule has 8 amide bonds. The molecule has 2 saturated heterocycles. The average molecular weight is 1180 g/mol. The third kappa shape index (κ3) is 30.7. The van der Waals surface area contributed by atoms with Crippen molar-refractivity contribution in [3.63, 3.8) is 0 Å². The number of carboxylic acids is 3. The van der Waals surface area contributed by atoms with Gasteiger partial charge in [-0.2, -0.15) is 0 Å². The van der Waals surface area contributed by atoms with Gasteiger partial charge in [0.15, 0.2) is 11.7 Å². The summed E-state index contributed by atoms with van der Waals surface area (Å²) >= 11 is 0. The van der Waals surface area contributed by atoms with Crippen molar-refractivity contribution in [3.8, 4) is 0 Å². The molecule has 5 atom stereocenters. The Morgan fingerprint density at radius 2 is 1.14 bits per heavy atom. The number of ether oxygens (including phenoxy) is 2. The molecule has 1 aromatic rings. The quantitative estimate of drug-likeness (QED) is 0.0177. The number of guanidine groups is 1. The van der Waals surface area contributed by atoms with Gasteiger partial charge in [0.05, 0.1) is 65.1 Å². The molecule has 2 heterocycles. The predicted molar refractivity (Wildman–Crippen MR) is 296 cm³/mol. The number of carboxylic acid groups (broad SMARTS) is 3. The highest BCUT2D eigenvalue weighted by Crippen LogP contribution is 2.10. The van der Waals surface area contributed by atoms with E-state index >= 15 is 0 Å². The SMILES string of the molecule is CC(=O)C(CCC(=O)NCCOCCOCCC(=O)NCCCC[C@@H]1NC(=O)[C@@H](Cc2ccccc2)NC(=O)[C@H](CC(=O)O)NC(=O)CNC(=O)[C@H](CCCN=C(N)N)NC1=O)NC(=O)CN1CCN(CC(=O)O)CCN(CC(=O)O)CC1. The Bertz CT molecular complexity index is 2330. The van der Waals surface area contributed by atoms with Crippen molar-refractivity contribution in [2.45, 2.75) is 101 Å². The molecule has 0 spiro atoms. The average Bonchev–Trinajstić information content (AvgIpc) is 3.64. The zero-order valence-corrected chi connectivity index (χ0v) is 46.9. The van der Waals surface area contributed by atoms with E-state index in [1.807, 2.05) is 0 Å². The lowest BCUT2D eigenvalue weighted by Gasteiger charge is -2.26. The second-order valence-electron chi connectivity index (χ2n) is 19.8. The molecule has 0 bridgehead atoms. The Hall–Kier alpha value is -7.87. The van der Waals surface area contributed by atoms with Crippen molar-refractivity contribution in [2.24, 2.45) is 16.5 Å². The Morgan fingerprint density at radius 3 is 1.73 bits per heavy atom. The lowest BCUT2D eigenvalue weighted by atomic mass is 10.0. The molecule has 0 saturated carbocycles. The van der Waals surface area contributed by atoms with Crippen molar-refractivity contribution >= 4 is 76.9 Å². The minimum Gasteiger partial charge on any atom is -0.481 e. The third-order valence-electron chi connectivity index (χ3n) is 13.0. The largest absolute Gasteiger partial charge is 0.481 e. The number of ketones is 1. The highest BCUT2D eigenvalue weighted by Gasteiger charge is 2.33. The second kappa shape index (κ2) is 38.8. The summed E-state index contributed by atoms with van der Waals surface area (Å²) in [4.78, 5) is 162. The van der Waals surface area contributed by atoms with Gasteiger partial charge >= 0.3 is 17.9 Å². The summed E-state index contributed by atoms with van der Waals surface area (Å²) in [5, 5.41) is 48.8. The molecule has 2 aliphatic rings. The Morgan fingerprint density at radius 1 is 0.614 bits per heavy atom. The molecule has 83 heavy (non-hydrogen) atoms. The van der Waals surface area contributed by atoms with E-state index < -0.39 is 96.5 Å². The number of rotatable bonds is 33. The fourth-order valence-corrected chi connectivity index (χ4v) is 8.60. The molecular weight excluding hydrogens is 1090 g/mol. The van der Waals surface area contributed by atoms with Gasteiger partial charge in [-0.15, -0.1) is 0 Å². The van der Waals surface area contributed by atoms with Crippen LogP contribution in [0.15, 0.2) is 35.3 Å². The van der Waals surface area contributed by atoms with Crippen LogP contribution in [0.5, 0.6) is 0 Å². The standard InChI is InChI=1S/C52H82N14O17/c1-34(67)36(59-44(71)31-64-18-20-65(32-46(74)75)22-23-66(21-19-64)33-47(76)77)12-13-41(68)56-17-25-83-27-26-82-24-14-42(69)55-15-6-5-10-38-49(79)61-37(11-7-16-57-52(53)54)48(78)58-30-43(70)60-40(29-45(72)73)51(81)63-39(50(80)62-38)28-35-8-3-2-4-9-35/h2-4,8-9,36-40H,5-7,10-33H2,1H3,(H,55,69)(H,56,68)(H,58,78)(H,59,71)(H,60,70)(H,61,79)(H,62,80)(H,63,81)(H,72,73)(H,74,75)(H,76,77)(H4,53,54,57)/t36?,37-,38-,39+,40-/m0/s1. The van der Waals surface area contributed by atoms with Gasteiger partial charge in [-0.25, -0.2) is 0 Å². The zero-order chi connectivity index (χ0) is 61.1. The number of aliphatic imine (C=N–C) groups is 1. The Kier molecular flexibility index (Phi) is 32.4. The van der Waals surface area contributed by atoms with Crippen molar-refractivity contribution in [2.75, 3.05) is 112 Å². The number of hydrogen-bond acceptors (Lipinski definition) is 18. The van der Waals surface area contributed by atoms with E-state index in [1.54, 1.807) is 45.0 Å². The molecule has 1 unspecified atom stereocenters. The van der Waals surface area contributed by atoms with Gasteiger partial charge in [0, 0.05) is 78.2 Å². The number of unbranched alkanes of at least 4 members (excludes halogenated alkanes) is 1. The minimum atomic E-state index is -1.64. The van der Waals surface area contributed by atoms with Crippen LogP contribution in [-0.4, -0.2) is 249 Å². The van der Waals surface area contributed by atoms with Gasteiger partial charge in [-0.1, -0.05) is 30.3 Å². The van der Waals surface area contributed by atoms with Crippen LogP contribution >= 0.6 is 0 Å². The lowest BCUT2D eigenvalue weighted by molar-refractivity contribution is -0.141. The number of nitrogens with zero attached hydrogens (tertiary/aromatic N) is 4.